The van der Waals surface area contributed by atoms with Crippen LogP contribution in [0.5, 0.6) is 0 Å². The summed E-state index contributed by atoms with van der Waals surface area (Å²) < 4.78 is 5.20. The summed E-state index contributed by atoms with van der Waals surface area (Å²) in [4.78, 5) is 11.7. The fraction of sp³-hybridized carbons (Fsp3) is 0.786. The van der Waals surface area contributed by atoms with Crippen molar-refractivity contribution in [3.8, 4) is 0 Å². The van der Waals surface area contributed by atoms with Gasteiger partial charge in [-0.15, -0.1) is 6.58 Å². The maximum absolute atomic E-state index is 11.7. The van der Waals surface area contributed by atoms with Crippen molar-refractivity contribution in [2.75, 3.05) is 0 Å². The van der Waals surface area contributed by atoms with E-state index in [0.717, 1.165) is 6.42 Å². The predicted octanol–water partition coefficient (Wildman–Crippen LogP) is 2.86. The van der Waals surface area contributed by atoms with Crippen molar-refractivity contribution >= 4 is 6.09 Å². The van der Waals surface area contributed by atoms with Gasteiger partial charge in [-0.1, -0.05) is 26.3 Å². The molecule has 0 fully saturated rings. The quantitative estimate of drug-likeness (QED) is 0.719. The third-order valence-corrected chi connectivity index (χ3v) is 2.76. The summed E-state index contributed by atoms with van der Waals surface area (Å²) >= 11 is 0. The van der Waals surface area contributed by atoms with Gasteiger partial charge in [-0.2, -0.15) is 0 Å². The number of alkyl carbamates (subject to hydrolysis) is 1. The Hall–Kier alpha value is -1.03. The number of carbonyl (C=O) groups is 1. The number of ether oxygens (including phenoxy) is 1. The fourth-order valence-corrected chi connectivity index (χ4v) is 1.63. The largest absolute Gasteiger partial charge is 0.444 e. The summed E-state index contributed by atoms with van der Waals surface area (Å²) in [5, 5.41) is 12.8. The lowest BCUT2D eigenvalue weighted by Crippen LogP contribution is -2.48. The SMILES string of the molecule is C=CC[C@@H](O)[C@@H](NC(=O)OC(C)(C)C)[C@@H](C)CC. The molecule has 0 unspecified atom stereocenters. The standard InChI is InChI=1S/C14H27NO3/c1-7-9-11(16)12(10(3)8-2)15-13(17)18-14(4,5)6/h7,10-12,16H,1,8-9H2,2-6H3,(H,15,17)/t10-,11+,12-/m0/s1. The molecule has 0 aliphatic heterocycles. The molecule has 4 heteroatoms. The van der Waals surface area contributed by atoms with E-state index >= 15 is 0 Å². The van der Waals surface area contributed by atoms with Gasteiger partial charge in [0.25, 0.3) is 0 Å². The van der Waals surface area contributed by atoms with E-state index in [4.69, 9.17) is 4.74 Å². The predicted molar refractivity (Wildman–Crippen MR) is 73.4 cm³/mol. The average Bonchev–Trinajstić information content (AvgIpc) is 2.22. The van der Waals surface area contributed by atoms with Crippen molar-refractivity contribution in [2.45, 2.75) is 65.2 Å². The molecule has 0 radical (unpaired) electrons. The Balaban J connectivity index is 4.59. The summed E-state index contributed by atoms with van der Waals surface area (Å²) in [5.41, 5.74) is -0.534. The maximum Gasteiger partial charge on any atom is 0.407 e. The van der Waals surface area contributed by atoms with Gasteiger partial charge in [0, 0.05) is 0 Å². The highest BCUT2D eigenvalue weighted by Crippen LogP contribution is 2.15. The van der Waals surface area contributed by atoms with Gasteiger partial charge < -0.3 is 15.2 Å². The number of amides is 1. The van der Waals surface area contributed by atoms with Gasteiger partial charge in [-0.3, -0.25) is 0 Å². The minimum Gasteiger partial charge on any atom is -0.444 e. The lowest BCUT2D eigenvalue weighted by molar-refractivity contribution is 0.0368. The zero-order valence-electron chi connectivity index (χ0n) is 12.2. The normalized spacial score (nSPS) is 16.6. The molecule has 0 rings (SSSR count). The molecule has 0 heterocycles. The Morgan fingerprint density at radius 3 is 2.44 bits per heavy atom. The molecule has 1 amide bonds. The van der Waals surface area contributed by atoms with E-state index < -0.39 is 17.8 Å². The first kappa shape index (κ1) is 17.0. The Morgan fingerprint density at radius 1 is 1.50 bits per heavy atom. The van der Waals surface area contributed by atoms with Crippen LogP contribution in [0.3, 0.4) is 0 Å². The van der Waals surface area contributed by atoms with Crippen LogP contribution in [-0.2, 0) is 4.74 Å². The Labute approximate surface area is 110 Å². The maximum atomic E-state index is 11.7. The second-order valence-corrected chi connectivity index (χ2v) is 5.65. The number of carbonyl (C=O) groups excluding carboxylic acids is 1. The van der Waals surface area contributed by atoms with Crippen LogP contribution in [0.25, 0.3) is 0 Å². The van der Waals surface area contributed by atoms with Gasteiger partial charge in [0.1, 0.15) is 5.60 Å². The molecular formula is C14H27NO3. The van der Waals surface area contributed by atoms with Crippen molar-refractivity contribution < 1.29 is 14.6 Å². The number of hydrogen-bond donors (Lipinski definition) is 2. The molecule has 0 bridgehead atoms. The Morgan fingerprint density at radius 2 is 2.06 bits per heavy atom. The van der Waals surface area contributed by atoms with Crippen LogP contribution in [0.4, 0.5) is 4.79 Å². The Bertz CT molecular complexity index is 271. The van der Waals surface area contributed by atoms with Gasteiger partial charge in [0.15, 0.2) is 0 Å². The molecule has 2 N–H and O–H groups in total. The van der Waals surface area contributed by atoms with E-state index in [1.807, 2.05) is 34.6 Å². The number of nitrogens with one attached hydrogen (secondary N) is 1. The van der Waals surface area contributed by atoms with Gasteiger partial charge in [0.05, 0.1) is 12.1 Å². The number of hydrogen-bond acceptors (Lipinski definition) is 3. The molecule has 0 spiro atoms. The van der Waals surface area contributed by atoms with Crippen LogP contribution in [0.15, 0.2) is 12.7 Å². The summed E-state index contributed by atoms with van der Waals surface area (Å²) in [6, 6.07) is -0.317. The van der Waals surface area contributed by atoms with E-state index in [9.17, 15) is 9.90 Å². The molecule has 0 saturated carbocycles. The van der Waals surface area contributed by atoms with Crippen LogP contribution < -0.4 is 5.32 Å². The summed E-state index contributed by atoms with van der Waals surface area (Å²) in [6.07, 6.45) is 1.84. The molecule has 0 aromatic heterocycles. The highest BCUT2D eigenvalue weighted by Gasteiger charge is 2.27. The van der Waals surface area contributed by atoms with E-state index in [1.54, 1.807) is 6.08 Å². The van der Waals surface area contributed by atoms with Crippen molar-refractivity contribution in [3.63, 3.8) is 0 Å². The first-order chi connectivity index (χ1) is 8.21. The summed E-state index contributed by atoms with van der Waals surface area (Å²) in [5.74, 6) is 0.174. The highest BCUT2D eigenvalue weighted by molar-refractivity contribution is 5.68. The minimum atomic E-state index is -0.634. The molecule has 0 aromatic carbocycles. The van der Waals surface area contributed by atoms with Crippen molar-refractivity contribution in [1.29, 1.82) is 0 Å². The first-order valence-corrected chi connectivity index (χ1v) is 6.49. The lowest BCUT2D eigenvalue weighted by atomic mass is 9.93. The molecule has 0 aromatic rings. The second-order valence-electron chi connectivity index (χ2n) is 5.65. The van der Waals surface area contributed by atoms with Gasteiger partial charge in [-0.25, -0.2) is 4.79 Å². The number of aliphatic hydroxyl groups is 1. The van der Waals surface area contributed by atoms with Crippen molar-refractivity contribution in [3.05, 3.63) is 12.7 Å². The average molecular weight is 257 g/mol. The summed E-state index contributed by atoms with van der Waals surface area (Å²) in [6.45, 7) is 13.1. The smallest absolute Gasteiger partial charge is 0.407 e. The zero-order chi connectivity index (χ0) is 14.3. The van der Waals surface area contributed by atoms with Gasteiger partial charge >= 0.3 is 6.09 Å². The van der Waals surface area contributed by atoms with Gasteiger partial charge in [-0.05, 0) is 33.1 Å². The third-order valence-electron chi connectivity index (χ3n) is 2.76. The van der Waals surface area contributed by atoms with Crippen LogP contribution in [0.1, 0.15) is 47.5 Å². The molecule has 3 atom stereocenters. The summed E-state index contributed by atoms with van der Waals surface area (Å²) in [7, 11) is 0. The van der Waals surface area contributed by atoms with Crippen LogP contribution in [-0.4, -0.2) is 28.9 Å². The topological polar surface area (TPSA) is 58.6 Å². The van der Waals surface area contributed by atoms with Crippen molar-refractivity contribution in [1.82, 2.24) is 5.32 Å². The minimum absolute atomic E-state index is 0.174. The number of aliphatic hydroxyl groups excluding tert-OH is 1. The fourth-order valence-electron chi connectivity index (χ4n) is 1.63. The molecular weight excluding hydrogens is 230 g/mol. The van der Waals surface area contributed by atoms with Crippen LogP contribution >= 0.6 is 0 Å². The van der Waals surface area contributed by atoms with Crippen molar-refractivity contribution in [2.24, 2.45) is 5.92 Å². The molecule has 0 saturated heterocycles. The second kappa shape index (κ2) is 7.41. The van der Waals surface area contributed by atoms with Gasteiger partial charge in [0.2, 0.25) is 0 Å². The van der Waals surface area contributed by atoms with Crippen LogP contribution in [0.2, 0.25) is 0 Å². The number of rotatable bonds is 6. The molecule has 18 heavy (non-hydrogen) atoms. The Kier molecular flexibility index (Phi) is 6.99. The highest BCUT2D eigenvalue weighted by atomic mass is 16.6. The molecule has 106 valence electrons. The first-order valence-electron chi connectivity index (χ1n) is 6.49. The zero-order valence-corrected chi connectivity index (χ0v) is 12.2. The lowest BCUT2D eigenvalue weighted by Gasteiger charge is -2.30. The van der Waals surface area contributed by atoms with E-state index in [-0.39, 0.29) is 12.0 Å². The van der Waals surface area contributed by atoms with E-state index in [0.29, 0.717) is 6.42 Å². The third kappa shape index (κ3) is 6.64. The monoisotopic (exact) mass is 257 g/mol. The molecule has 0 aliphatic rings. The van der Waals surface area contributed by atoms with Crippen LogP contribution in [0, 0.1) is 5.92 Å². The van der Waals surface area contributed by atoms with E-state index in [2.05, 4.69) is 11.9 Å². The van der Waals surface area contributed by atoms with E-state index in [1.165, 1.54) is 0 Å². The molecule has 4 nitrogen and oxygen atoms in total. The molecule has 0 aliphatic carbocycles.